The topological polar surface area (TPSA) is 140 Å². The predicted octanol–water partition coefficient (Wildman–Crippen LogP) is 4.45. The lowest BCUT2D eigenvalue weighted by Gasteiger charge is -2.36. The van der Waals surface area contributed by atoms with E-state index in [4.69, 9.17) is 9.31 Å². The Labute approximate surface area is 253 Å². The number of carboxylic acid groups (broad SMARTS) is 1. The highest BCUT2D eigenvalue weighted by atomic mass is 16.6. The molecular weight excluding hydrogens is 547 g/mol. The Hall–Kier alpha value is -4.09. The minimum Gasteiger partial charge on any atom is -0.478 e. The van der Waals surface area contributed by atoms with Gasteiger partial charge in [0.25, 0.3) is 5.91 Å². The van der Waals surface area contributed by atoms with Crippen molar-refractivity contribution in [3.05, 3.63) is 95.6 Å². The summed E-state index contributed by atoms with van der Waals surface area (Å²) in [6.45, 7) is 10.2. The number of carbonyl (C=O) groups is 3. The van der Waals surface area contributed by atoms with E-state index in [-0.39, 0.29) is 29.5 Å². The molecule has 1 aromatic heterocycles. The van der Waals surface area contributed by atoms with E-state index in [1.165, 1.54) is 18.6 Å². The smallest absolute Gasteiger partial charge is 0.478 e. The van der Waals surface area contributed by atoms with Crippen LogP contribution in [0.15, 0.2) is 73.2 Å². The molecule has 0 radical (unpaired) electrons. The maximum atomic E-state index is 13.9. The monoisotopic (exact) mass is 588 g/mol. The quantitative estimate of drug-likeness (QED) is 0.209. The molecule has 2 amide bonds. The highest BCUT2D eigenvalue weighted by molar-refractivity contribution is 6.47. The average molecular weight is 589 g/mol. The molecular formula is C32H41BN4O6. The van der Waals surface area contributed by atoms with Crippen LogP contribution in [0.2, 0.25) is 0 Å². The third kappa shape index (κ3) is 9.72. The number of carboxylic acids is 1. The zero-order chi connectivity index (χ0) is 31.4. The van der Waals surface area contributed by atoms with Gasteiger partial charge in [0.05, 0.1) is 23.3 Å². The third-order valence-corrected chi connectivity index (χ3v) is 7.21. The Morgan fingerprint density at radius 1 is 1.00 bits per heavy atom. The van der Waals surface area contributed by atoms with Gasteiger partial charge in [-0.15, -0.1) is 0 Å². The number of rotatable bonds is 16. The summed E-state index contributed by atoms with van der Waals surface area (Å²) in [4.78, 5) is 46.3. The maximum Gasteiger partial charge on any atom is 0.481 e. The van der Waals surface area contributed by atoms with E-state index in [0.29, 0.717) is 19.4 Å². The second-order valence-electron chi connectivity index (χ2n) is 11.0. The average Bonchev–Trinajstić information content (AvgIpc) is 3.00. The molecule has 3 N–H and O–H groups in total. The van der Waals surface area contributed by atoms with Gasteiger partial charge in [-0.25, -0.2) is 9.78 Å². The molecule has 0 aliphatic heterocycles. The lowest BCUT2D eigenvalue weighted by atomic mass is 9.72. The summed E-state index contributed by atoms with van der Waals surface area (Å²) >= 11 is 0. The second-order valence-corrected chi connectivity index (χ2v) is 11.0. The Balaban J connectivity index is 1.89. The standard InChI is InChI=1S/C32H41BN4O6/c1-6-32(5,25-15-13-24(14-16-25)31(40)41)43-33(42-7-2)28(19-22(3)4)37-29(38)26(20-23-11-9-8-10-12-23)36-30(39)27-21-34-17-18-35-27/h8-18,21-22,26,28H,6-7,19-20H2,1-5H3,(H,36,39)(H,37,38)(H,40,41). The second kappa shape index (κ2) is 16.0. The molecule has 43 heavy (non-hydrogen) atoms. The van der Waals surface area contributed by atoms with E-state index in [0.717, 1.165) is 11.1 Å². The first-order chi connectivity index (χ1) is 20.6. The fraction of sp³-hybridized carbons (Fsp3) is 0.406. The summed E-state index contributed by atoms with van der Waals surface area (Å²) in [5, 5.41) is 15.3. The van der Waals surface area contributed by atoms with Gasteiger partial charge < -0.3 is 25.0 Å². The molecule has 0 aliphatic rings. The molecule has 0 fully saturated rings. The first-order valence-corrected chi connectivity index (χ1v) is 14.6. The van der Waals surface area contributed by atoms with E-state index < -0.39 is 36.6 Å². The van der Waals surface area contributed by atoms with Gasteiger partial charge >= 0.3 is 13.1 Å². The number of benzene rings is 2. The fourth-order valence-corrected chi connectivity index (χ4v) is 4.71. The van der Waals surface area contributed by atoms with Crippen molar-refractivity contribution in [2.75, 3.05) is 6.61 Å². The van der Waals surface area contributed by atoms with Crippen molar-refractivity contribution < 1.29 is 28.8 Å². The van der Waals surface area contributed by atoms with Crippen molar-refractivity contribution in [1.29, 1.82) is 0 Å². The molecule has 0 aliphatic carbocycles. The zero-order valence-electron chi connectivity index (χ0n) is 25.4. The van der Waals surface area contributed by atoms with Crippen molar-refractivity contribution in [3.63, 3.8) is 0 Å². The summed E-state index contributed by atoms with van der Waals surface area (Å²) in [5.74, 6) is -2.27. The van der Waals surface area contributed by atoms with E-state index >= 15 is 0 Å². The largest absolute Gasteiger partial charge is 0.481 e. The third-order valence-electron chi connectivity index (χ3n) is 7.21. The molecule has 3 unspecified atom stereocenters. The normalized spacial score (nSPS) is 13.9. The van der Waals surface area contributed by atoms with Gasteiger partial charge in [0.2, 0.25) is 5.91 Å². The van der Waals surface area contributed by atoms with Crippen molar-refractivity contribution in [1.82, 2.24) is 20.6 Å². The number of amides is 2. The Morgan fingerprint density at radius 2 is 1.70 bits per heavy atom. The van der Waals surface area contributed by atoms with Crippen LogP contribution in [0.25, 0.3) is 0 Å². The number of nitrogens with zero attached hydrogens (tertiary/aromatic N) is 2. The molecule has 2 aromatic carbocycles. The molecule has 1 heterocycles. The van der Waals surface area contributed by atoms with Gasteiger partial charge in [-0.2, -0.15) is 0 Å². The highest BCUT2D eigenvalue weighted by Gasteiger charge is 2.40. The molecule has 10 nitrogen and oxygen atoms in total. The maximum absolute atomic E-state index is 13.9. The number of aromatic carboxylic acids is 1. The number of hydrogen-bond donors (Lipinski definition) is 3. The van der Waals surface area contributed by atoms with Crippen LogP contribution in [0.1, 0.15) is 79.4 Å². The Morgan fingerprint density at radius 3 is 2.26 bits per heavy atom. The van der Waals surface area contributed by atoms with E-state index in [9.17, 15) is 19.5 Å². The van der Waals surface area contributed by atoms with Crippen molar-refractivity contribution in [2.24, 2.45) is 5.92 Å². The van der Waals surface area contributed by atoms with Crippen LogP contribution in [-0.2, 0) is 26.1 Å². The van der Waals surface area contributed by atoms with E-state index in [2.05, 4.69) is 20.6 Å². The van der Waals surface area contributed by atoms with Crippen LogP contribution in [0.5, 0.6) is 0 Å². The molecule has 0 bridgehead atoms. The molecule has 3 rings (SSSR count). The molecule has 0 spiro atoms. The van der Waals surface area contributed by atoms with Crippen LogP contribution in [0.3, 0.4) is 0 Å². The minimum absolute atomic E-state index is 0.107. The Bertz CT molecular complexity index is 1330. The number of hydrogen-bond acceptors (Lipinski definition) is 7. The number of nitrogens with one attached hydrogen (secondary N) is 2. The molecule has 11 heteroatoms. The summed E-state index contributed by atoms with van der Waals surface area (Å²) in [5.41, 5.74) is 1.12. The number of carbonyl (C=O) groups excluding carboxylic acids is 2. The molecule has 0 saturated heterocycles. The lowest BCUT2D eigenvalue weighted by molar-refractivity contribution is -0.123. The van der Waals surface area contributed by atoms with Gasteiger partial charge in [0.15, 0.2) is 0 Å². The van der Waals surface area contributed by atoms with Crippen LogP contribution in [0, 0.1) is 5.92 Å². The van der Waals surface area contributed by atoms with Crippen LogP contribution in [-0.4, -0.2) is 58.6 Å². The van der Waals surface area contributed by atoms with Crippen molar-refractivity contribution >= 4 is 24.9 Å². The number of aromatic nitrogens is 2. The summed E-state index contributed by atoms with van der Waals surface area (Å²) in [6.07, 6.45) is 5.61. The van der Waals surface area contributed by atoms with E-state index in [1.807, 2.05) is 65.0 Å². The SMILES string of the molecule is CCOB(OC(C)(CC)c1ccc(C(=O)O)cc1)C(CC(C)C)NC(=O)C(Cc1ccccc1)NC(=O)c1cnccn1. The van der Waals surface area contributed by atoms with Gasteiger partial charge in [-0.3, -0.25) is 14.6 Å². The van der Waals surface area contributed by atoms with Gasteiger partial charge in [0, 0.05) is 25.4 Å². The first kappa shape index (κ1) is 33.4. The van der Waals surface area contributed by atoms with Gasteiger partial charge in [0.1, 0.15) is 11.7 Å². The summed E-state index contributed by atoms with van der Waals surface area (Å²) in [6, 6.07) is 15.1. The summed E-state index contributed by atoms with van der Waals surface area (Å²) < 4.78 is 12.7. The first-order valence-electron chi connectivity index (χ1n) is 14.6. The minimum atomic E-state index is -1.01. The Kier molecular flexibility index (Phi) is 12.4. The van der Waals surface area contributed by atoms with Crippen molar-refractivity contribution in [3.8, 4) is 0 Å². The van der Waals surface area contributed by atoms with Gasteiger partial charge in [-0.1, -0.05) is 63.2 Å². The molecule has 0 saturated carbocycles. The van der Waals surface area contributed by atoms with Crippen LogP contribution >= 0.6 is 0 Å². The summed E-state index contributed by atoms with van der Waals surface area (Å²) in [7, 11) is -0.825. The predicted molar refractivity (Wildman–Crippen MR) is 164 cm³/mol. The van der Waals surface area contributed by atoms with Crippen LogP contribution < -0.4 is 10.6 Å². The van der Waals surface area contributed by atoms with E-state index in [1.54, 1.807) is 24.3 Å². The molecule has 3 atom stereocenters. The zero-order valence-corrected chi connectivity index (χ0v) is 25.4. The lowest BCUT2D eigenvalue weighted by Crippen LogP contribution is -2.57. The van der Waals surface area contributed by atoms with Gasteiger partial charge in [-0.05, 0) is 55.9 Å². The fourth-order valence-electron chi connectivity index (χ4n) is 4.71. The molecule has 3 aromatic rings. The molecule has 228 valence electrons. The van der Waals surface area contributed by atoms with Crippen molar-refractivity contribution in [2.45, 2.75) is 71.5 Å². The van der Waals surface area contributed by atoms with Crippen LogP contribution in [0.4, 0.5) is 0 Å². The highest BCUT2D eigenvalue weighted by Crippen LogP contribution is 2.31.